The van der Waals surface area contributed by atoms with Crippen LogP contribution in [-0.4, -0.2) is 31.4 Å². The molecule has 6 atom stereocenters. The molecule has 4 aliphatic rings. The van der Waals surface area contributed by atoms with Crippen molar-refractivity contribution >= 4 is 11.9 Å². The van der Waals surface area contributed by atoms with E-state index in [1.807, 2.05) is 0 Å². The second kappa shape index (κ2) is 5.95. The summed E-state index contributed by atoms with van der Waals surface area (Å²) in [5.74, 6) is 0.416. The molecule has 2 aliphatic heterocycles. The molecule has 1 saturated heterocycles. The average molecular weight is 360 g/mol. The van der Waals surface area contributed by atoms with E-state index in [2.05, 4.69) is 26.8 Å². The second-order valence-corrected chi connectivity index (χ2v) is 8.77. The van der Waals surface area contributed by atoms with Crippen LogP contribution in [-0.2, 0) is 23.8 Å². The molecule has 0 amide bonds. The van der Waals surface area contributed by atoms with Crippen LogP contribution in [0.2, 0.25) is 0 Å². The van der Waals surface area contributed by atoms with E-state index in [4.69, 9.17) is 14.2 Å². The molecular weight excluding hydrogens is 332 g/mol. The topological polar surface area (TPSA) is 61.8 Å². The van der Waals surface area contributed by atoms with Crippen molar-refractivity contribution in [2.45, 2.75) is 65.3 Å². The summed E-state index contributed by atoms with van der Waals surface area (Å²) in [5.41, 5.74) is 1.44. The summed E-state index contributed by atoms with van der Waals surface area (Å²) in [6.07, 6.45) is 7.78. The van der Waals surface area contributed by atoms with Crippen molar-refractivity contribution in [1.82, 2.24) is 0 Å². The molecule has 2 aliphatic carbocycles. The molecule has 5 nitrogen and oxygen atoms in total. The van der Waals surface area contributed by atoms with E-state index in [-0.39, 0.29) is 28.9 Å². The zero-order valence-corrected chi connectivity index (χ0v) is 16.0. The van der Waals surface area contributed by atoms with Crippen LogP contribution in [0.5, 0.6) is 0 Å². The Morgan fingerprint density at radius 1 is 1.23 bits per heavy atom. The predicted molar refractivity (Wildman–Crippen MR) is 94.9 cm³/mol. The number of esters is 2. The summed E-state index contributed by atoms with van der Waals surface area (Å²) in [6, 6.07) is 0. The first-order chi connectivity index (χ1) is 12.3. The van der Waals surface area contributed by atoms with E-state index in [9.17, 15) is 9.59 Å². The maximum Gasteiger partial charge on any atom is 0.336 e. The fourth-order valence-corrected chi connectivity index (χ4v) is 5.93. The molecule has 0 aromatic rings. The van der Waals surface area contributed by atoms with Crippen LogP contribution in [0.4, 0.5) is 0 Å². The van der Waals surface area contributed by atoms with Crippen LogP contribution in [0, 0.1) is 22.7 Å². The lowest BCUT2D eigenvalue weighted by Gasteiger charge is -2.57. The predicted octanol–water partition coefficient (Wildman–Crippen LogP) is 3.54. The Labute approximate surface area is 154 Å². The van der Waals surface area contributed by atoms with Gasteiger partial charge in [0, 0.05) is 23.7 Å². The summed E-state index contributed by atoms with van der Waals surface area (Å²) in [7, 11) is 1.54. The number of carbonyl (C=O) groups excluding carboxylic acids is 2. The first-order valence-electron chi connectivity index (χ1n) is 9.66. The van der Waals surface area contributed by atoms with Crippen molar-refractivity contribution in [3.63, 3.8) is 0 Å². The fourth-order valence-electron chi connectivity index (χ4n) is 5.93. The molecule has 0 radical (unpaired) electrons. The highest BCUT2D eigenvalue weighted by Gasteiger charge is 2.64. The zero-order chi connectivity index (χ0) is 18.7. The third kappa shape index (κ3) is 2.32. The third-order valence-corrected chi connectivity index (χ3v) is 7.72. The van der Waals surface area contributed by atoms with Gasteiger partial charge in [0.15, 0.2) is 0 Å². The van der Waals surface area contributed by atoms with Crippen LogP contribution >= 0.6 is 0 Å². The van der Waals surface area contributed by atoms with Crippen LogP contribution in [0.15, 0.2) is 23.3 Å². The molecule has 1 saturated carbocycles. The Morgan fingerprint density at radius 3 is 2.69 bits per heavy atom. The highest BCUT2D eigenvalue weighted by Crippen LogP contribution is 2.65. The molecule has 4 rings (SSSR count). The summed E-state index contributed by atoms with van der Waals surface area (Å²) < 4.78 is 16.1. The van der Waals surface area contributed by atoms with Crippen molar-refractivity contribution < 1.29 is 23.8 Å². The Hall–Kier alpha value is -1.62. The highest BCUT2D eigenvalue weighted by molar-refractivity contribution is 5.93. The zero-order valence-electron chi connectivity index (χ0n) is 16.0. The minimum Gasteiger partial charge on any atom is -0.458 e. The lowest BCUT2D eigenvalue weighted by Crippen LogP contribution is -2.54. The number of hydrogen-bond acceptors (Lipinski definition) is 5. The van der Waals surface area contributed by atoms with Gasteiger partial charge in [-0.2, -0.15) is 0 Å². The first kappa shape index (κ1) is 17.8. The number of methoxy groups -OCH3 is 1. The summed E-state index contributed by atoms with van der Waals surface area (Å²) in [4.78, 5) is 24.4. The number of ether oxygens (including phenoxy) is 3. The molecule has 0 aromatic carbocycles. The van der Waals surface area contributed by atoms with Crippen molar-refractivity contribution in [3.05, 3.63) is 23.3 Å². The maximum absolute atomic E-state index is 12.4. The van der Waals surface area contributed by atoms with E-state index in [0.717, 1.165) is 31.3 Å². The van der Waals surface area contributed by atoms with Gasteiger partial charge in [0.2, 0.25) is 6.29 Å². The number of hydrogen-bond donors (Lipinski definition) is 0. The smallest absolute Gasteiger partial charge is 0.336 e. The molecule has 142 valence electrons. The van der Waals surface area contributed by atoms with Gasteiger partial charge >= 0.3 is 11.9 Å². The van der Waals surface area contributed by atoms with E-state index in [1.165, 1.54) is 7.11 Å². The highest BCUT2D eigenvalue weighted by atomic mass is 16.7. The minimum absolute atomic E-state index is 0.0110. The molecule has 0 bridgehead atoms. The molecule has 2 fully saturated rings. The number of rotatable bonds is 4. The Bertz CT molecular complexity index is 707. The van der Waals surface area contributed by atoms with E-state index >= 15 is 0 Å². The molecule has 0 N–H and O–H groups in total. The van der Waals surface area contributed by atoms with E-state index < -0.39 is 6.29 Å². The average Bonchev–Trinajstić information content (AvgIpc) is 3.09. The minimum atomic E-state index is -0.555. The van der Waals surface area contributed by atoms with Crippen LogP contribution in [0.3, 0.4) is 0 Å². The molecule has 0 aromatic heterocycles. The van der Waals surface area contributed by atoms with Gasteiger partial charge in [-0.3, -0.25) is 0 Å². The molecule has 0 spiro atoms. The van der Waals surface area contributed by atoms with E-state index in [1.54, 1.807) is 6.08 Å². The monoisotopic (exact) mass is 360 g/mol. The van der Waals surface area contributed by atoms with Gasteiger partial charge in [-0.05, 0) is 55.4 Å². The van der Waals surface area contributed by atoms with Crippen molar-refractivity contribution in [2.24, 2.45) is 22.7 Å². The van der Waals surface area contributed by atoms with Gasteiger partial charge in [-0.1, -0.05) is 26.8 Å². The molecule has 26 heavy (non-hydrogen) atoms. The Morgan fingerprint density at radius 2 is 2.00 bits per heavy atom. The van der Waals surface area contributed by atoms with Crippen LogP contribution < -0.4 is 0 Å². The van der Waals surface area contributed by atoms with Crippen molar-refractivity contribution in [1.29, 1.82) is 0 Å². The lowest BCUT2D eigenvalue weighted by molar-refractivity contribution is -0.155. The molecular formula is C21H28O5. The SMILES string of the molecule is COC1C=C(CC[C@@]2(C)[C@H](C)C[C@H]3OC(=O)C4=CCC[C@H]2[C@]43C)C(=O)O1. The van der Waals surface area contributed by atoms with Gasteiger partial charge < -0.3 is 14.2 Å². The van der Waals surface area contributed by atoms with Gasteiger partial charge in [0.05, 0.1) is 0 Å². The van der Waals surface area contributed by atoms with Crippen LogP contribution in [0.25, 0.3) is 0 Å². The van der Waals surface area contributed by atoms with Crippen molar-refractivity contribution in [2.75, 3.05) is 7.11 Å². The number of carbonyl (C=O) groups is 2. The maximum atomic E-state index is 12.4. The largest absolute Gasteiger partial charge is 0.458 e. The summed E-state index contributed by atoms with van der Waals surface area (Å²) >= 11 is 0. The van der Waals surface area contributed by atoms with E-state index in [0.29, 0.717) is 23.8 Å². The quantitative estimate of drug-likeness (QED) is 0.718. The lowest BCUT2D eigenvalue weighted by atomic mass is 9.46. The van der Waals surface area contributed by atoms with Gasteiger partial charge in [0.1, 0.15) is 6.10 Å². The third-order valence-electron chi connectivity index (χ3n) is 7.72. The van der Waals surface area contributed by atoms with Gasteiger partial charge in [0.25, 0.3) is 0 Å². The molecule has 2 heterocycles. The van der Waals surface area contributed by atoms with Gasteiger partial charge in [-0.25, -0.2) is 9.59 Å². The number of allylic oxidation sites excluding steroid dienone is 1. The van der Waals surface area contributed by atoms with Crippen molar-refractivity contribution in [3.8, 4) is 0 Å². The van der Waals surface area contributed by atoms with Crippen LogP contribution in [0.1, 0.15) is 52.9 Å². The normalized spacial score (nSPS) is 44.2. The second-order valence-electron chi connectivity index (χ2n) is 8.77. The van der Waals surface area contributed by atoms with Gasteiger partial charge in [-0.15, -0.1) is 0 Å². The summed E-state index contributed by atoms with van der Waals surface area (Å²) in [5, 5.41) is 0. The Balaban J connectivity index is 1.60. The Kier molecular flexibility index (Phi) is 4.07. The number of cyclic esters (lactones) is 1. The standard InChI is InChI=1S/C21H28O5/c1-12-10-16-21(3)14(19(23)25-16)6-5-7-15(21)20(12,2)9-8-13-11-17(24-4)26-18(13)22/h6,11-12,15-17H,5,7-10H2,1-4H3/t12-,15-,16-,17?,20+,21+/m1/s1. The fraction of sp³-hybridized carbons (Fsp3) is 0.714. The molecule has 5 heteroatoms. The molecule has 1 unspecified atom stereocenters. The first-order valence-corrected chi connectivity index (χ1v) is 9.66. The summed E-state index contributed by atoms with van der Waals surface area (Å²) in [6.45, 7) is 6.82.